The van der Waals surface area contributed by atoms with E-state index in [-0.39, 0.29) is 17.1 Å². The van der Waals surface area contributed by atoms with Crippen LogP contribution < -0.4 is 5.32 Å². The van der Waals surface area contributed by atoms with Crippen LogP contribution in [0.15, 0.2) is 18.2 Å². The molecule has 0 bridgehead atoms. The Balaban J connectivity index is 1.97. The van der Waals surface area contributed by atoms with Crippen LogP contribution in [0.25, 0.3) is 0 Å². The van der Waals surface area contributed by atoms with Gasteiger partial charge in [0.25, 0.3) is 5.91 Å². The predicted molar refractivity (Wildman–Crippen MR) is 87.2 cm³/mol. The van der Waals surface area contributed by atoms with Crippen molar-refractivity contribution >= 4 is 23.5 Å². The number of carbonyl (C=O) groups is 2. The van der Waals surface area contributed by atoms with Crippen LogP contribution in [0.2, 0.25) is 5.02 Å². The molecule has 1 aromatic carbocycles. The lowest BCUT2D eigenvalue weighted by molar-refractivity contribution is 0.0656. The molecule has 5 nitrogen and oxygen atoms in total. The van der Waals surface area contributed by atoms with Crippen molar-refractivity contribution in [2.75, 3.05) is 26.2 Å². The zero-order valence-electron chi connectivity index (χ0n) is 13.5. The first-order valence-corrected chi connectivity index (χ1v) is 7.86. The minimum atomic E-state index is -0.590. The zero-order chi connectivity index (χ0) is 17.2. The molecule has 1 N–H and O–H groups in total. The molecule has 1 aliphatic rings. The summed E-state index contributed by atoms with van der Waals surface area (Å²) in [7, 11) is 0. The summed E-state index contributed by atoms with van der Waals surface area (Å²) in [6.45, 7) is 7.28. The van der Waals surface area contributed by atoms with Gasteiger partial charge in [0, 0.05) is 36.7 Å². The van der Waals surface area contributed by atoms with E-state index in [0.717, 1.165) is 0 Å². The second-order valence-electron chi connectivity index (χ2n) is 6.58. The number of nitrogens with one attached hydrogen (secondary N) is 1. The summed E-state index contributed by atoms with van der Waals surface area (Å²) in [5.41, 5.74) is -0.349. The van der Waals surface area contributed by atoms with E-state index in [1.165, 1.54) is 23.1 Å². The molecular formula is C16H21ClFN3O2. The summed E-state index contributed by atoms with van der Waals surface area (Å²) in [6, 6.07) is 3.77. The van der Waals surface area contributed by atoms with Crippen LogP contribution in [0.4, 0.5) is 9.18 Å². The van der Waals surface area contributed by atoms with Crippen molar-refractivity contribution in [1.82, 2.24) is 15.1 Å². The third-order valence-corrected chi connectivity index (χ3v) is 3.73. The molecule has 3 amide bonds. The maximum Gasteiger partial charge on any atom is 0.317 e. The highest BCUT2D eigenvalue weighted by Gasteiger charge is 2.27. The van der Waals surface area contributed by atoms with Crippen LogP contribution in [-0.2, 0) is 0 Å². The minimum Gasteiger partial charge on any atom is -0.335 e. The van der Waals surface area contributed by atoms with Gasteiger partial charge in [0.15, 0.2) is 0 Å². The van der Waals surface area contributed by atoms with Gasteiger partial charge in [0.2, 0.25) is 0 Å². The topological polar surface area (TPSA) is 52.7 Å². The van der Waals surface area contributed by atoms with Crippen LogP contribution in [0.5, 0.6) is 0 Å². The molecule has 0 aromatic heterocycles. The van der Waals surface area contributed by atoms with Gasteiger partial charge in [-0.1, -0.05) is 11.6 Å². The van der Waals surface area contributed by atoms with Gasteiger partial charge in [0.1, 0.15) is 5.82 Å². The van der Waals surface area contributed by atoms with Gasteiger partial charge in [-0.2, -0.15) is 0 Å². The lowest BCUT2D eigenvalue weighted by atomic mass is 10.1. The van der Waals surface area contributed by atoms with Gasteiger partial charge in [-0.05, 0) is 39.0 Å². The first-order chi connectivity index (χ1) is 10.7. The van der Waals surface area contributed by atoms with Crippen LogP contribution >= 0.6 is 11.6 Å². The van der Waals surface area contributed by atoms with Crippen molar-refractivity contribution in [2.24, 2.45) is 0 Å². The third-order valence-electron chi connectivity index (χ3n) is 3.49. The van der Waals surface area contributed by atoms with Crippen LogP contribution in [0, 0.1) is 5.82 Å². The number of nitrogens with zero attached hydrogens (tertiary/aromatic N) is 2. The molecule has 0 atom stereocenters. The number of hydrogen-bond donors (Lipinski definition) is 1. The second-order valence-corrected chi connectivity index (χ2v) is 7.02. The highest BCUT2D eigenvalue weighted by atomic mass is 35.5. The molecule has 0 spiro atoms. The van der Waals surface area contributed by atoms with E-state index >= 15 is 0 Å². The summed E-state index contributed by atoms with van der Waals surface area (Å²) in [5.74, 6) is -0.992. The van der Waals surface area contributed by atoms with Gasteiger partial charge >= 0.3 is 6.03 Å². The largest absolute Gasteiger partial charge is 0.335 e. The fourth-order valence-electron chi connectivity index (χ4n) is 2.34. The number of urea groups is 1. The Hall–Kier alpha value is -1.82. The maximum atomic E-state index is 13.8. The molecule has 0 aliphatic carbocycles. The van der Waals surface area contributed by atoms with E-state index in [2.05, 4.69) is 5.32 Å². The van der Waals surface area contributed by atoms with Crippen molar-refractivity contribution in [3.63, 3.8) is 0 Å². The number of rotatable bonds is 1. The number of amides is 3. The molecule has 1 fully saturated rings. The lowest BCUT2D eigenvalue weighted by Crippen LogP contribution is -2.56. The Labute approximate surface area is 140 Å². The van der Waals surface area contributed by atoms with Crippen LogP contribution in [-0.4, -0.2) is 53.5 Å². The molecule has 1 heterocycles. The molecule has 0 saturated carbocycles. The highest BCUT2D eigenvalue weighted by Crippen LogP contribution is 2.18. The first-order valence-electron chi connectivity index (χ1n) is 7.49. The Bertz CT molecular complexity index is 608. The first kappa shape index (κ1) is 17.5. The average Bonchev–Trinajstić information content (AvgIpc) is 2.47. The molecule has 0 unspecified atom stereocenters. The van der Waals surface area contributed by atoms with Gasteiger partial charge in [-0.25, -0.2) is 9.18 Å². The van der Waals surface area contributed by atoms with E-state index in [1.807, 2.05) is 20.8 Å². The second kappa shape index (κ2) is 6.74. The molecule has 1 aromatic rings. The predicted octanol–water partition coefficient (Wildman–Crippen LogP) is 2.75. The Morgan fingerprint density at radius 2 is 1.70 bits per heavy atom. The van der Waals surface area contributed by atoms with E-state index < -0.39 is 11.7 Å². The van der Waals surface area contributed by atoms with Gasteiger partial charge in [0.05, 0.1) is 5.56 Å². The van der Waals surface area contributed by atoms with Crippen LogP contribution in [0.1, 0.15) is 31.1 Å². The SMILES string of the molecule is CC(C)(C)NC(=O)N1CCN(C(=O)c2cc(Cl)ccc2F)CC1. The van der Waals surface area contributed by atoms with Crippen molar-refractivity contribution in [2.45, 2.75) is 26.3 Å². The number of hydrogen-bond acceptors (Lipinski definition) is 2. The van der Waals surface area contributed by atoms with Gasteiger partial charge < -0.3 is 15.1 Å². The normalized spacial score (nSPS) is 15.5. The highest BCUT2D eigenvalue weighted by molar-refractivity contribution is 6.31. The average molecular weight is 342 g/mol. The standard InChI is InChI=1S/C16H21ClFN3O2/c1-16(2,3)19-15(23)21-8-6-20(7-9-21)14(22)12-10-11(17)4-5-13(12)18/h4-5,10H,6-9H2,1-3H3,(H,19,23). The Kier molecular flexibility index (Phi) is 5.14. The number of halogens is 2. The molecule has 2 rings (SSSR count). The monoisotopic (exact) mass is 341 g/mol. The number of benzene rings is 1. The van der Waals surface area contributed by atoms with E-state index in [4.69, 9.17) is 11.6 Å². The van der Waals surface area contributed by atoms with Gasteiger partial charge in [-0.3, -0.25) is 4.79 Å². The van der Waals surface area contributed by atoms with E-state index in [9.17, 15) is 14.0 Å². The van der Waals surface area contributed by atoms with Crippen molar-refractivity contribution in [3.8, 4) is 0 Å². The number of carbonyl (C=O) groups excluding carboxylic acids is 2. The fourth-order valence-corrected chi connectivity index (χ4v) is 2.52. The molecular weight excluding hydrogens is 321 g/mol. The molecule has 23 heavy (non-hydrogen) atoms. The molecule has 1 aliphatic heterocycles. The lowest BCUT2D eigenvalue weighted by Gasteiger charge is -2.36. The van der Waals surface area contributed by atoms with E-state index in [0.29, 0.717) is 31.2 Å². The zero-order valence-corrected chi connectivity index (χ0v) is 14.3. The van der Waals surface area contributed by atoms with E-state index in [1.54, 1.807) is 4.90 Å². The molecule has 126 valence electrons. The summed E-state index contributed by atoms with van der Waals surface area (Å²) in [6.07, 6.45) is 0. The smallest absolute Gasteiger partial charge is 0.317 e. The number of piperazine rings is 1. The van der Waals surface area contributed by atoms with Gasteiger partial charge in [-0.15, -0.1) is 0 Å². The quantitative estimate of drug-likeness (QED) is 0.854. The minimum absolute atomic E-state index is 0.0370. The summed E-state index contributed by atoms with van der Waals surface area (Å²) in [4.78, 5) is 27.7. The van der Waals surface area contributed by atoms with Crippen molar-refractivity contribution in [3.05, 3.63) is 34.6 Å². The summed E-state index contributed by atoms with van der Waals surface area (Å²) < 4.78 is 13.8. The Morgan fingerprint density at radius 3 is 2.26 bits per heavy atom. The van der Waals surface area contributed by atoms with Crippen molar-refractivity contribution in [1.29, 1.82) is 0 Å². The fraction of sp³-hybridized carbons (Fsp3) is 0.500. The molecule has 0 radical (unpaired) electrons. The summed E-state index contributed by atoms with van der Waals surface area (Å²) >= 11 is 5.83. The molecule has 7 heteroatoms. The van der Waals surface area contributed by atoms with Crippen LogP contribution in [0.3, 0.4) is 0 Å². The third kappa shape index (κ3) is 4.58. The Morgan fingerprint density at radius 1 is 1.13 bits per heavy atom. The molecule has 1 saturated heterocycles. The summed E-state index contributed by atoms with van der Waals surface area (Å²) in [5, 5.41) is 3.20. The van der Waals surface area contributed by atoms with Crippen molar-refractivity contribution < 1.29 is 14.0 Å². The maximum absolute atomic E-state index is 13.8.